The predicted octanol–water partition coefficient (Wildman–Crippen LogP) is 2.26. The lowest BCUT2D eigenvalue weighted by Crippen LogP contribution is -2.32. The van der Waals surface area contributed by atoms with E-state index < -0.39 is 0 Å². The Bertz CT molecular complexity index is 507. The lowest BCUT2D eigenvalue weighted by atomic mass is 10.1. The highest BCUT2D eigenvalue weighted by molar-refractivity contribution is 5.61. The van der Waals surface area contributed by atoms with Crippen molar-refractivity contribution in [3.8, 4) is 6.07 Å². The second kappa shape index (κ2) is 7.44. The van der Waals surface area contributed by atoms with Crippen molar-refractivity contribution in [2.75, 3.05) is 24.6 Å². The minimum Gasteiger partial charge on any atom is -0.394 e. The zero-order chi connectivity index (χ0) is 15.2. The van der Waals surface area contributed by atoms with Crippen LogP contribution in [0.25, 0.3) is 0 Å². The molecule has 21 heavy (non-hydrogen) atoms. The quantitative estimate of drug-likeness (QED) is 0.842. The Morgan fingerprint density at radius 2 is 2.29 bits per heavy atom. The maximum atomic E-state index is 9.45. The fraction of sp³-hybridized carbons (Fsp3) is 0.588. The lowest BCUT2D eigenvalue weighted by Gasteiger charge is -2.26. The van der Waals surface area contributed by atoms with Gasteiger partial charge in [-0.2, -0.15) is 5.26 Å². The molecule has 0 aromatic heterocycles. The molecule has 1 aliphatic heterocycles. The Labute approximate surface area is 127 Å². The van der Waals surface area contributed by atoms with Gasteiger partial charge in [0, 0.05) is 13.1 Å². The van der Waals surface area contributed by atoms with Gasteiger partial charge in [-0.15, -0.1) is 0 Å². The van der Waals surface area contributed by atoms with Gasteiger partial charge in [-0.3, -0.25) is 0 Å². The summed E-state index contributed by atoms with van der Waals surface area (Å²) in [5.74, 6) is 0.620. The van der Waals surface area contributed by atoms with Crippen molar-refractivity contribution in [1.82, 2.24) is 5.32 Å². The molecule has 1 aromatic carbocycles. The van der Waals surface area contributed by atoms with E-state index in [9.17, 15) is 10.4 Å². The predicted molar refractivity (Wildman–Crippen MR) is 85.2 cm³/mol. The summed E-state index contributed by atoms with van der Waals surface area (Å²) in [5.41, 5.74) is 2.80. The van der Waals surface area contributed by atoms with Gasteiger partial charge in [0.2, 0.25) is 0 Å². The van der Waals surface area contributed by atoms with Crippen LogP contribution in [0.4, 0.5) is 5.69 Å². The summed E-state index contributed by atoms with van der Waals surface area (Å²) in [6, 6.07) is 8.53. The van der Waals surface area contributed by atoms with E-state index in [2.05, 4.69) is 36.2 Å². The maximum Gasteiger partial charge on any atom is 0.101 e. The van der Waals surface area contributed by atoms with Crippen LogP contribution in [0.1, 0.15) is 37.8 Å². The highest BCUT2D eigenvalue weighted by atomic mass is 16.3. The van der Waals surface area contributed by atoms with Crippen LogP contribution in [0.3, 0.4) is 0 Å². The summed E-state index contributed by atoms with van der Waals surface area (Å²) in [6.45, 7) is 7.20. The fourth-order valence-corrected chi connectivity index (χ4v) is 2.88. The molecule has 0 spiro atoms. The SMILES string of the molecule is CC(C)CNCc1ccc(N2CCCC2CO)c(C#N)c1. The number of nitrogens with zero attached hydrogens (tertiary/aromatic N) is 2. The van der Waals surface area contributed by atoms with Crippen molar-refractivity contribution < 1.29 is 5.11 Å². The van der Waals surface area contributed by atoms with Crippen molar-refractivity contribution >= 4 is 5.69 Å². The van der Waals surface area contributed by atoms with Crippen molar-refractivity contribution in [2.45, 2.75) is 39.3 Å². The van der Waals surface area contributed by atoms with Crippen LogP contribution in [-0.2, 0) is 6.54 Å². The van der Waals surface area contributed by atoms with Crippen LogP contribution in [-0.4, -0.2) is 30.8 Å². The van der Waals surface area contributed by atoms with E-state index >= 15 is 0 Å². The molecule has 1 heterocycles. The number of aliphatic hydroxyl groups excluding tert-OH is 1. The number of rotatable bonds is 6. The molecule has 1 atom stereocenters. The van der Waals surface area contributed by atoms with Crippen molar-refractivity contribution in [1.29, 1.82) is 5.26 Å². The van der Waals surface area contributed by atoms with Gasteiger partial charge in [0.25, 0.3) is 0 Å². The molecule has 1 saturated heterocycles. The Balaban J connectivity index is 2.11. The Hall–Kier alpha value is -1.57. The summed E-state index contributed by atoms with van der Waals surface area (Å²) in [4.78, 5) is 2.17. The molecule has 1 fully saturated rings. The summed E-state index contributed by atoms with van der Waals surface area (Å²) < 4.78 is 0. The third kappa shape index (κ3) is 3.96. The number of anilines is 1. The van der Waals surface area contributed by atoms with Gasteiger partial charge in [0.15, 0.2) is 0 Å². The number of aliphatic hydroxyl groups is 1. The Morgan fingerprint density at radius 1 is 1.48 bits per heavy atom. The number of benzene rings is 1. The minimum atomic E-state index is 0.155. The lowest BCUT2D eigenvalue weighted by molar-refractivity contribution is 0.266. The van der Waals surface area contributed by atoms with Crippen LogP contribution in [0, 0.1) is 17.2 Å². The van der Waals surface area contributed by atoms with Gasteiger partial charge in [-0.25, -0.2) is 0 Å². The van der Waals surface area contributed by atoms with Gasteiger partial charge in [-0.05, 0) is 43.0 Å². The van der Waals surface area contributed by atoms with Crippen molar-refractivity contribution in [3.05, 3.63) is 29.3 Å². The highest BCUT2D eigenvalue weighted by Gasteiger charge is 2.25. The molecule has 1 unspecified atom stereocenters. The molecular weight excluding hydrogens is 262 g/mol. The molecule has 2 N–H and O–H groups in total. The molecule has 0 aliphatic carbocycles. The van der Waals surface area contributed by atoms with E-state index in [1.54, 1.807) is 0 Å². The molecule has 0 saturated carbocycles. The van der Waals surface area contributed by atoms with Gasteiger partial charge in [-0.1, -0.05) is 19.9 Å². The van der Waals surface area contributed by atoms with E-state index in [1.165, 1.54) is 0 Å². The molecule has 1 aromatic rings. The number of nitrogens with one attached hydrogen (secondary N) is 1. The fourth-order valence-electron chi connectivity index (χ4n) is 2.88. The van der Waals surface area contributed by atoms with Crippen molar-refractivity contribution in [3.63, 3.8) is 0 Å². The average molecular weight is 287 g/mol. The molecule has 4 nitrogen and oxygen atoms in total. The third-order valence-electron chi connectivity index (χ3n) is 3.96. The van der Waals surface area contributed by atoms with Gasteiger partial charge in [0.05, 0.1) is 23.9 Å². The van der Waals surface area contributed by atoms with Gasteiger partial charge < -0.3 is 15.3 Å². The Kier molecular flexibility index (Phi) is 5.60. The molecule has 0 amide bonds. The normalized spacial score (nSPS) is 18.2. The zero-order valence-electron chi connectivity index (χ0n) is 13.0. The van der Waals surface area contributed by atoms with Crippen LogP contribution in [0.2, 0.25) is 0 Å². The zero-order valence-corrected chi connectivity index (χ0v) is 13.0. The largest absolute Gasteiger partial charge is 0.394 e. The van der Waals surface area contributed by atoms with Crippen LogP contribution in [0.5, 0.6) is 0 Å². The maximum absolute atomic E-state index is 9.45. The number of hydrogen-bond donors (Lipinski definition) is 2. The van der Waals surface area contributed by atoms with E-state index in [4.69, 9.17) is 0 Å². The molecule has 0 bridgehead atoms. The van der Waals surface area contributed by atoms with Gasteiger partial charge >= 0.3 is 0 Å². The second-order valence-corrected chi connectivity index (χ2v) is 6.16. The average Bonchev–Trinajstić information content (AvgIpc) is 2.95. The molecule has 114 valence electrons. The standard InChI is InChI=1S/C17H25N3O/c1-13(2)10-19-11-14-5-6-17(15(8-14)9-18)20-7-3-4-16(20)12-21/h5-6,8,13,16,19,21H,3-4,7,10-12H2,1-2H3. The minimum absolute atomic E-state index is 0.155. The summed E-state index contributed by atoms with van der Waals surface area (Å²) in [7, 11) is 0. The van der Waals surface area contributed by atoms with E-state index in [0.717, 1.165) is 43.7 Å². The van der Waals surface area contributed by atoms with Gasteiger partial charge in [0.1, 0.15) is 6.07 Å². The molecule has 2 rings (SSSR count). The van der Waals surface area contributed by atoms with Crippen LogP contribution in [0.15, 0.2) is 18.2 Å². The first-order valence-electron chi connectivity index (χ1n) is 7.77. The van der Waals surface area contributed by atoms with Crippen LogP contribution < -0.4 is 10.2 Å². The number of nitriles is 1. The Morgan fingerprint density at radius 3 is 2.95 bits per heavy atom. The van der Waals surface area contributed by atoms with E-state index in [-0.39, 0.29) is 12.6 Å². The third-order valence-corrected chi connectivity index (χ3v) is 3.96. The monoisotopic (exact) mass is 287 g/mol. The first-order chi connectivity index (χ1) is 10.2. The van der Waals surface area contributed by atoms with Crippen LogP contribution >= 0.6 is 0 Å². The second-order valence-electron chi connectivity index (χ2n) is 6.16. The summed E-state index contributed by atoms with van der Waals surface area (Å²) in [6.07, 6.45) is 2.08. The molecule has 0 radical (unpaired) electrons. The number of hydrogen-bond acceptors (Lipinski definition) is 4. The summed E-state index contributed by atoms with van der Waals surface area (Å²) >= 11 is 0. The highest BCUT2D eigenvalue weighted by Crippen LogP contribution is 2.29. The van der Waals surface area contributed by atoms with E-state index in [1.807, 2.05) is 12.1 Å². The topological polar surface area (TPSA) is 59.3 Å². The molecule has 1 aliphatic rings. The first kappa shape index (κ1) is 15.8. The molecule has 4 heteroatoms. The molecular formula is C17H25N3O. The smallest absolute Gasteiger partial charge is 0.101 e. The van der Waals surface area contributed by atoms with E-state index in [0.29, 0.717) is 11.5 Å². The first-order valence-corrected chi connectivity index (χ1v) is 7.77. The van der Waals surface area contributed by atoms with Crippen molar-refractivity contribution in [2.24, 2.45) is 5.92 Å². The summed E-state index contributed by atoms with van der Waals surface area (Å²) in [5, 5.41) is 22.3.